The van der Waals surface area contributed by atoms with Crippen molar-refractivity contribution in [3.63, 3.8) is 0 Å². The van der Waals surface area contributed by atoms with Gasteiger partial charge < -0.3 is 15.4 Å². The molecule has 2 N–H and O–H groups in total. The van der Waals surface area contributed by atoms with Crippen LogP contribution in [0.4, 0.5) is 4.79 Å². The van der Waals surface area contributed by atoms with E-state index in [1.54, 1.807) is 4.90 Å². The highest BCUT2D eigenvalue weighted by molar-refractivity contribution is 5.68. The van der Waals surface area contributed by atoms with E-state index in [2.05, 4.69) is 13.8 Å². The Hall–Kier alpha value is -0.770. The van der Waals surface area contributed by atoms with Crippen molar-refractivity contribution >= 4 is 6.09 Å². The van der Waals surface area contributed by atoms with Crippen LogP contribution in [0.5, 0.6) is 0 Å². The molecule has 1 atom stereocenters. The Morgan fingerprint density at radius 3 is 2.93 bits per heavy atom. The minimum absolute atomic E-state index is 0.174. The summed E-state index contributed by atoms with van der Waals surface area (Å²) in [5.41, 5.74) is 5.48. The molecule has 1 rings (SSSR count). The molecule has 1 fully saturated rings. The zero-order valence-electron chi connectivity index (χ0n) is 9.03. The predicted molar refractivity (Wildman–Crippen MR) is 54.9 cm³/mol. The second-order valence-corrected chi connectivity index (χ2v) is 4.32. The summed E-state index contributed by atoms with van der Waals surface area (Å²) in [7, 11) is 0. The number of nitrogens with zero attached hydrogens (tertiary/aromatic N) is 1. The van der Waals surface area contributed by atoms with Crippen LogP contribution in [-0.2, 0) is 4.74 Å². The van der Waals surface area contributed by atoms with Crippen molar-refractivity contribution in [2.24, 2.45) is 17.6 Å². The van der Waals surface area contributed by atoms with E-state index in [1.165, 1.54) is 0 Å². The van der Waals surface area contributed by atoms with Crippen LogP contribution in [0, 0.1) is 11.8 Å². The van der Waals surface area contributed by atoms with Crippen molar-refractivity contribution in [3.05, 3.63) is 0 Å². The van der Waals surface area contributed by atoms with Crippen LogP contribution in [0.1, 0.15) is 20.3 Å². The average molecular weight is 200 g/mol. The smallest absolute Gasteiger partial charge is 0.409 e. The van der Waals surface area contributed by atoms with Crippen molar-refractivity contribution in [1.29, 1.82) is 0 Å². The van der Waals surface area contributed by atoms with Crippen LogP contribution >= 0.6 is 0 Å². The maximum Gasteiger partial charge on any atom is 0.409 e. The summed E-state index contributed by atoms with van der Waals surface area (Å²) in [6, 6.07) is 0. The molecule has 4 nitrogen and oxygen atoms in total. The third kappa shape index (κ3) is 3.18. The zero-order valence-corrected chi connectivity index (χ0v) is 9.03. The van der Waals surface area contributed by atoms with Gasteiger partial charge in [-0.1, -0.05) is 13.8 Å². The molecule has 1 heterocycles. The lowest BCUT2D eigenvalue weighted by atomic mass is 10.0. The number of nitrogens with two attached hydrogens (primary N) is 1. The molecule has 0 aliphatic carbocycles. The van der Waals surface area contributed by atoms with Gasteiger partial charge in [-0.05, 0) is 18.9 Å². The van der Waals surface area contributed by atoms with Gasteiger partial charge in [0.2, 0.25) is 0 Å². The van der Waals surface area contributed by atoms with E-state index < -0.39 is 0 Å². The van der Waals surface area contributed by atoms with Crippen molar-refractivity contribution < 1.29 is 9.53 Å². The average Bonchev–Trinajstić information content (AvgIpc) is 2.10. The Labute approximate surface area is 85.4 Å². The molecule has 1 unspecified atom stereocenters. The second-order valence-electron chi connectivity index (χ2n) is 4.32. The first-order valence-electron chi connectivity index (χ1n) is 5.25. The van der Waals surface area contributed by atoms with E-state index in [4.69, 9.17) is 10.5 Å². The van der Waals surface area contributed by atoms with E-state index in [1.807, 2.05) is 0 Å². The molecule has 1 aliphatic rings. The standard InChI is InChI=1S/C10H20N2O2/c1-8(2)5-12-6-9(3-4-11)7-14-10(12)13/h8-9H,3-7,11H2,1-2H3. The lowest BCUT2D eigenvalue weighted by molar-refractivity contribution is 0.0373. The molecule has 0 spiro atoms. The highest BCUT2D eigenvalue weighted by Gasteiger charge is 2.26. The summed E-state index contributed by atoms with van der Waals surface area (Å²) in [4.78, 5) is 13.1. The number of hydrogen-bond acceptors (Lipinski definition) is 3. The van der Waals surface area contributed by atoms with E-state index in [9.17, 15) is 4.79 Å². The quantitative estimate of drug-likeness (QED) is 0.738. The number of amides is 1. The van der Waals surface area contributed by atoms with Crippen LogP contribution in [-0.4, -0.2) is 37.2 Å². The van der Waals surface area contributed by atoms with Gasteiger partial charge in [-0.25, -0.2) is 4.79 Å². The lowest BCUT2D eigenvalue weighted by Crippen LogP contribution is -2.45. The fourth-order valence-electron chi connectivity index (χ4n) is 1.72. The summed E-state index contributed by atoms with van der Waals surface area (Å²) >= 11 is 0. The molecule has 0 saturated carbocycles. The van der Waals surface area contributed by atoms with Gasteiger partial charge in [-0.15, -0.1) is 0 Å². The maximum atomic E-state index is 11.4. The molecule has 4 heteroatoms. The second kappa shape index (κ2) is 5.20. The Morgan fingerprint density at radius 2 is 2.36 bits per heavy atom. The molecule has 1 saturated heterocycles. The van der Waals surface area contributed by atoms with E-state index in [0.717, 1.165) is 19.5 Å². The fourth-order valence-corrected chi connectivity index (χ4v) is 1.72. The fraction of sp³-hybridized carbons (Fsp3) is 0.900. The number of carbonyl (C=O) groups excluding carboxylic acids is 1. The predicted octanol–water partition coefficient (Wildman–Crippen LogP) is 1.06. The number of cyclic esters (lactones) is 1. The maximum absolute atomic E-state index is 11.4. The topological polar surface area (TPSA) is 55.6 Å². The molecule has 0 aromatic carbocycles. The highest BCUT2D eigenvalue weighted by Crippen LogP contribution is 2.15. The Balaban J connectivity index is 2.42. The first-order chi connectivity index (χ1) is 6.63. The van der Waals surface area contributed by atoms with E-state index in [-0.39, 0.29) is 6.09 Å². The third-order valence-corrected chi connectivity index (χ3v) is 2.34. The van der Waals surface area contributed by atoms with Crippen molar-refractivity contribution in [1.82, 2.24) is 4.90 Å². The minimum Gasteiger partial charge on any atom is -0.449 e. The van der Waals surface area contributed by atoms with Crippen LogP contribution in [0.15, 0.2) is 0 Å². The first-order valence-corrected chi connectivity index (χ1v) is 5.25. The van der Waals surface area contributed by atoms with E-state index >= 15 is 0 Å². The normalized spacial score (nSPS) is 22.7. The zero-order chi connectivity index (χ0) is 10.6. The molecule has 14 heavy (non-hydrogen) atoms. The first kappa shape index (κ1) is 11.3. The summed E-state index contributed by atoms with van der Waals surface area (Å²) in [6.45, 7) is 6.97. The summed E-state index contributed by atoms with van der Waals surface area (Å²) < 4.78 is 5.09. The number of rotatable bonds is 4. The lowest BCUT2D eigenvalue weighted by Gasteiger charge is -2.33. The van der Waals surface area contributed by atoms with Crippen LogP contribution < -0.4 is 5.73 Å². The third-order valence-electron chi connectivity index (χ3n) is 2.34. The van der Waals surface area contributed by atoms with Crippen molar-refractivity contribution in [2.75, 3.05) is 26.2 Å². The molecular weight excluding hydrogens is 180 g/mol. The molecule has 0 aromatic rings. The molecule has 0 aromatic heterocycles. The Bertz CT molecular complexity index is 195. The van der Waals surface area contributed by atoms with E-state index in [0.29, 0.717) is 25.0 Å². The Kier molecular flexibility index (Phi) is 4.20. The SMILES string of the molecule is CC(C)CN1CC(CCN)COC1=O. The van der Waals surface area contributed by atoms with Crippen molar-refractivity contribution in [3.8, 4) is 0 Å². The molecule has 82 valence electrons. The molecule has 1 aliphatic heterocycles. The highest BCUT2D eigenvalue weighted by atomic mass is 16.6. The molecular formula is C10H20N2O2. The monoisotopic (exact) mass is 200 g/mol. The summed E-state index contributed by atoms with van der Waals surface area (Å²) in [5.74, 6) is 0.899. The largest absolute Gasteiger partial charge is 0.449 e. The summed E-state index contributed by atoms with van der Waals surface area (Å²) in [6.07, 6.45) is 0.758. The Morgan fingerprint density at radius 1 is 1.64 bits per heavy atom. The van der Waals surface area contributed by atoms with Gasteiger partial charge in [0.25, 0.3) is 0 Å². The number of carbonyl (C=O) groups is 1. The molecule has 0 bridgehead atoms. The van der Waals surface area contributed by atoms with Gasteiger partial charge in [-0.2, -0.15) is 0 Å². The van der Waals surface area contributed by atoms with Gasteiger partial charge in [-0.3, -0.25) is 0 Å². The van der Waals surface area contributed by atoms with Gasteiger partial charge in [0.15, 0.2) is 0 Å². The minimum atomic E-state index is -0.174. The number of ether oxygens (including phenoxy) is 1. The van der Waals surface area contributed by atoms with Gasteiger partial charge in [0.1, 0.15) is 0 Å². The summed E-state index contributed by atoms with van der Waals surface area (Å²) in [5, 5.41) is 0. The van der Waals surface area contributed by atoms with Crippen LogP contribution in [0.25, 0.3) is 0 Å². The molecule has 0 radical (unpaired) electrons. The van der Waals surface area contributed by atoms with Gasteiger partial charge in [0.05, 0.1) is 6.61 Å². The van der Waals surface area contributed by atoms with Crippen molar-refractivity contribution in [2.45, 2.75) is 20.3 Å². The van der Waals surface area contributed by atoms with Crippen LogP contribution in [0.2, 0.25) is 0 Å². The molecule has 1 amide bonds. The van der Waals surface area contributed by atoms with Crippen LogP contribution in [0.3, 0.4) is 0 Å². The van der Waals surface area contributed by atoms with Gasteiger partial charge in [0, 0.05) is 19.0 Å². The van der Waals surface area contributed by atoms with Gasteiger partial charge >= 0.3 is 6.09 Å². The number of hydrogen-bond donors (Lipinski definition) is 1.